The van der Waals surface area contributed by atoms with Gasteiger partial charge in [-0.3, -0.25) is 24.0 Å². The van der Waals surface area contributed by atoms with Crippen LogP contribution in [0.2, 0.25) is 0 Å². The molecule has 19 nitrogen and oxygen atoms in total. The fourth-order valence-corrected chi connectivity index (χ4v) is 8.30. The van der Waals surface area contributed by atoms with Crippen molar-refractivity contribution in [1.82, 2.24) is 21.0 Å². The van der Waals surface area contributed by atoms with Gasteiger partial charge in [-0.1, -0.05) is 142 Å². The van der Waals surface area contributed by atoms with Crippen molar-refractivity contribution in [2.45, 2.75) is 91.2 Å². The normalized spacial score (nSPS) is 11.8. The van der Waals surface area contributed by atoms with E-state index in [2.05, 4.69) is 16.0 Å². The van der Waals surface area contributed by atoms with E-state index in [-0.39, 0.29) is 67.1 Å². The second-order valence-electron chi connectivity index (χ2n) is 18.1. The van der Waals surface area contributed by atoms with Crippen LogP contribution in [0.3, 0.4) is 0 Å². The minimum absolute atomic E-state index is 0.0511. The third-order valence-electron chi connectivity index (χ3n) is 12.5. The number of benzene rings is 5. The van der Waals surface area contributed by atoms with Crippen LogP contribution in [0, 0.1) is 12.8 Å². The Morgan fingerprint density at radius 3 is 1.91 bits per heavy atom. The summed E-state index contributed by atoms with van der Waals surface area (Å²) in [5.41, 5.74) is 2.93. The van der Waals surface area contributed by atoms with E-state index in [1.54, 1.807) is 111 Å². The topological polar surface area (TPSA) is 244 Å². The van der Waals surface area contributed by atoms with Crippen LogP contribution < -0.4 is 25.4 Å². The maximum absolute atomic E-state index is 14.2. The van der Waals surface area contributed by atoms with Crippen LogP contribution in [0.4, 0.5) is 0 Å². The number of amides is 4. The number of carbonyl (C=O) groups is 8. The van der Waals surface area contributed by atoms with E-state index in [1.165, 1.54) is 37.4 Å². The summed E-state index contributed by atoms with van der Waals surface area (Å²) in [4.78, 5) is 113. The molecule has 0 bridgehead atoms. The lowest BCUT2D eigenvalue weighted by Gasteiger charge is -2.32. The van der Waals surface area contributed by atoms with Crippen LogP contribution >= 0.6 is 0 Å². The number of hydroxylamine groups is 2. The van der Waals surface area contributed by atoms with Gasteiger partial charge < -0.3 is 48.9 Å². The monoisotopic (exact) mass is 1080 g/mol. The van der Waals surface area contributed by atoms with Gasteiger partial charge in [0.05, 0.1) is 37.7 Å². The van der Waals surface area contributed by atoms with Crippen molar-refractivity contribution in [3.8, 4) is 22.8 Å². The van der Waals surface area contributed by atoms with Crippen LogP contribution in [0.25, 0.3) is 11.3 Å². The average Bonchev–Trinajstić information content (AvgIpc) is 3.98. The molecule has 1 heterocycles. The van der Waals surface area contributed by atoms with Crippen LogP contribution in [0.1, 0.15) is 106 Å². The summed E-state index contributed by atoms with van der Waals surface area (Å²) in [6.07, 6.45) is 2.64. The zero-order chi connectivity index (χ0) is 56.5. The number of carbonyl (C=O) groups excluding carboxylic acids is 8. The van der Waals surface area contributed by atoms with Gasteiger partial charge in [0.15, 0.2) is 12.4 Å². The van der Waals surface area contributed by atoms with Gasteiger partial charge in [-0.2, -0.15) is 5.06 Å². The molecule has 0 aliphatic rings. The molecule has 3 N–H and O–H groups in total. The number of hydrogen-bond donors (Lipinski definition) is 3. The first-order chi connectivity index (χ1) is 38.3. The zero-order valence-corrected chi connectivity index (χ0v) is 44.4. The smallest absolute Gasteiger partial charge is 0.367 e. The Labute approximate surface area is 457 Å². The number of rotatable bonds is 30. The van der Waals surface area contributed by atoms with Crippen molar-refractivity contribution in [2.75, 3.05) is 20.4 Å². The molecule has 3 atom stereocenters. The van der Waals surface area contributed by atoms with E-state index in [0.717, 1.165) is 23.5 Å². The number of aryl methyl sites for hydroxylation is 1. The Bertz CT molecular complexity index is 3000. The number of methoxy groups -OCH3 is 1. The zero-order valence-electron chi connectivity index (χ0n) is 44.4. The molecule has 0 aliphatic heterocycles. The fraction of sp³-hybridized carbons (Fsp3) is 0.300. The molecule has 414 valence electrons. The molecule has 0 spiro atoms. The van der Waals surface area contributed by atoms with Gasteiger partial charge in [-0.05, 0) is 72.4 Å². The van der Waals surface area contributed by atoms with Crippen molar-refractivity contribution in [3.05, 3.63) is 179 Å². The van der Waals surface area contributed by atoms with Gasteiger partial charge in [0.1, 0.15) is 48.7 Å². The largest absolute Gasteiger partial charge is 0.496 e. The van der Waals surface area contributed by atoms with E-state index in [9.17, 15) is 38.4 Å². The Kier molecular flexibility index (Phi) is 22.8. The summed E-state index contributed by atoms with van der Waals surface area (Å²) < 4.78 is 33.6. The van der Waals surface area contributed by atoms with E-state index in [0.29, 0.717) is 41.5 Å². The molecular weight excluding hydrogens is 1020 g/mol. The highest BCUT2D eigenvalue weighted by Gasteiger charge is 2.35. The molecule has 0 fully saturated rings. The predicted molar refractivity (Wildman–Crippen MR) is 287 cm³/mol. The molecule has 2 unspecified atom stereocenters. The maximum Gasteiger partial charge on any atom is 0.367 e. The molecule has 0 radical (unpaired) electrons. The van der Waals surface area contributed by atoms with Crippen LogP contribution in [-0.4, -0.2) is 85.5 Å². The van der Waals surface area contributed by atoms with Gasteiger partial charge in [0.25, 0.3) is 11.8 Å². The van der Waals surface area contributed by atoms with E-state index in [4.69, 9.17) is 32.9 Å². The maximum atomic E-state index is 14.2. The Morgan fingerprint density at radius 2 is 1.30 bits per heavy atom. The molecule has 1 aromatic heterocycles. The highest BCUT2D eigenvalue weighted by Crippen LogP contribution is 2.30. The number of ether oxygens (including phenoxy) is 5. The molecule has 4 amide bonds. The van der Waals surface area contributed by atoms with Gasteiger partial charge >= 0.3 is 23.9 Å². The fourth-order valence-electron chi connectivity index (χ4n) is 8.30. The average molecular weight is 1080 g/mol. The third kappa shape index (κ3) is 17.6. The molecule has 6 aromatic rings. The van der Waals surface area contributed by atoms with Crippen LogP contribution in [-0.2, 0) is 62.8 Å². The Hall–Kier alpha value is -9.26. The summed E-state index contributed by atoms with van der Waals surface area (Å²) in [5, 5.41) is 8.76. The van der Waals surface area contributed by atoms with Crippen LogP contribution in [0.15, 0.2) is 144 Å². The van der Waals surface area contributed by atoms with E-state index >= 15 is 0 Å². The van der Waals surface area contributed by atoms with Gasteiger partial charge in [0, 0.05) is 5.56 Å². The standard InChI is InChI=1S/C60H64N4O15/c1-5-7-11-26-45(48(6-2)64(39-65)79-60(72)55-40(3)19-18-27-50(55)73-4)56(68)61-38-62-58(70)51-31-30-49(78-51)44-28-29-46(52(32-44)74-37-54(67)76-35-42-22-14-9-15-23-42)57(69)63-47(59(71)77-36-43-24-16-10-17-25-43)33-53(66)75-34-41-20-12-8-13-21-41/h8-10,12-25,27-32,39,45,47-48H,5-7,11,26,33-38H2,1-4H3,(H,61,68)(H,62,70)(H,63,69)/t45?,47?,48-/m1/s1. The van der Waals surface area contributed by atoms with Gasteiger partial charge in [-0.25, -0.2) is 14.4 Å². The lowest BCUT2D eigenvalue weighted by molar-refractivity contribution is -0.171. The number of hydrogen-bond acceptors (Lipinski definition) is 15. The Balaban J connectivity index is 1.16. The first kappa shape index (κ1) is 59.0. The minimum Gasteiger partial charge on any atom is -0.496 e. The number of unbranched alkanes of at least 4 members (excludes halogenated alkanes) is 2. The lowest BCUT2D eigenvalue weighted by atomic mass is 9.90. The minimum atomic E-state index is -1.52. The number of nitrogens with one attached hydrogen (secondary N) is 3. The molecule has 6 rings (SSSR count). The van der Waals surface area contributed by atoms with E-state index in [1.807, 2.05) is 19.1 Å². The van der Waals surface area contributed by atoms with E-state index < -0.39 is 72.6 Å². The third-order valence-corrected chi connectivity index (χ3v) is 12.5. The molecular formula is C60H64N4O15. The number of esters is 3. The molecule has 0 saturated heterocycles. The van der Waals surface area contributed by atoms with Gasteiger partial charge in [0.2, 0.25) is 12.3 Å². The lowest BCUT2D eigenvalue weighted by Crippen LogP contribution is -2.49. The first-order valence-corrected chi connectivity index (χ1v) is 25.7. The summed E-state index contributed by atoms with van der Waals surface area (Å²) in [5.74, 6) is -6.17. The summed E-state index contributed by atoms with van der Waals surface area (Å²) in [7, 11) is 1.41. The van der Waals surface area contributed by atoms with Gasteiger partial charge in [-0.15, -0.1) is 0 Å². The summed E-state index contributed by atoms with van der Waals surface area (Å²) in [6, 6.07) is 36.4. The van der Waals surface area contributed by atoms with Crippen molar-refractivity contribution in [3.63, 3.8) is 0 Å². The first-order valence-electron chi connectivity index (χ1n) is 25.7. The molecule has 0 aliphatic carbocycles. The quantitative estimate of drug-likeness (QED) is 0.00958. The summed E-state index contributed by atoms with van der Waals surface area (Å²) in [6.45, 7) is 4.19. The predicted octanol–water partition coefficient (Wildman–Crippen LogP) is 8.37. The molecule has 79 heavy (non-hydrogen) atoms. The second kappa shape index (κ2) is 30.5. The molecule has 19 heteroatoms. The molecule has 5 aromatic carbocycles. The van der Waals surface area contributed by atoms with Crippen molar-refractivity contribution < 1.29 is 71.3 Å². The number of furan rings is 1. The molecule has 0 saturated carbocycles. The van der Waals surface area contributed by atoms with Crippen molar-refractivity contribution in [1.29, 1.82) is 0 Å². The highest BCUT2D eigenvalue weighted by molar-refractivity contribution is 6.00. The van der Waals surface area contributed by atoms with Crippen molar-refractivity contribution >= 4 is 48.0 Å². The van der Waals surface area contributed by atoms with Crippen molar-refractivity contribution in [2.24, 2.45) is 5.92 Å². The summed E-state index contributed by atoms with van der Waals surface area (Å²) >= 11 is 0. The Morgan fingerprint density at radius 1 is 0.671 bits per heavy atom. The van der Waals surface area contributed by atoms with Crippen LogP contribution in [0.5, 0.6) is 11.5 Å². The second-order valence-corrected chi connectivity index (χ2v) is 18.1. The highest BCUT2D eigenvalue weighted by atomic mass is 16.7. The number of nitrogens with zero attached hydrogens (tertiary/aromatic N) is 1. The SMILES string of the molecule is CCCCCC(C(=O)NCNC(=O)c1ccc(-c2ccc(C(=O)NC(CC(=O)OCc3ccccc3)C(=O)OCc3ccccc3)c(OCC(=O)OCc3ccccc3)c2)o1)[C@@H](CC)N(C=O)OC(=O)c1c(C)cccc1OC.